The topological polar surface area (TPSA) is 12.0 Å². The van der Waals surface area contributed by atoms with Gasteiger partial charge in [-0.25, -0.2) is 0 Å². The van der Waals surface area contributed by atoms with Crippen LogP contribution in [-0.4, -0.2) is 12.6 Å². The predicted octanol–water partition coefficient (Wildman–Crippen LogP) is 3.46. The van der Waals surface area contributed by atoms with Crippen LogP contribution < -0.4 is 5.32 Å². The first kappa shape index (κ1) is 10.3. The first-order chi connectivity index (χ1) is 6.68. The van der Waals surface area contributed by atoms with E-state index in [1.807, 2.05) is 18.2 Å². The van der Waals surface area contributed by atoms with E-state index < -0.39 is 0 Å². The fraction of sp³-hybridized carbons (Fsp3) is 0.455. The van der Waals surface area contributed by atoms with Gasteiger partial charge in [-0.15, -0.1) is 0 Å². The average molecular weight is 230 g/mol. The van der Waals surface area contributed by atoms with Crippen LogP contribution in [0.25, 0.3) is 0 Å². The van der Waals surface area contributed by atoms with Gasteiger partial charge < -0.3 is 5.32 Å². The van der Waals surface area contributed by atoms with Crippen molar-refractivity contribution < 1.29 is 0 Å². The SMILES string of the molecule is CC1CC(c2c(Cl)cccc2Cl)CN1. The summed E-state index contributed by atoms with van der Waals surface area (Å²) in [6.45, 7) is 3.16. The summed E-state index contributed by atoms with van der Waals surface area (Å²) in [5, 5.41) is 4.99. The maximum Gasteiger partial charge on any atom is 0.0456 e. The second kappa shape index (κ2) is 4.09. The molecule has 0 bridgehead atoms. The van der Waals surface area contributed by atoms with Crippen molar-refractivity contribution in [1.82, 2.24) is 5.32 Å². The molecule has 0 amide bonds. The summed E-state index contributed by atoms with van der Waals surface area (Å²) < 4.78 is 0. The molecule has 1 fully saturated rings. The predicted molar refractivity (Wildman–Crippen MR) is 61.3 cm³/mol. The third kappa shape index (κ3) is 1.90. The van der Waals surface area contributed by atoms with E-state index in [9.17, 15) is 0 Å². The molecule has 0 aliphatic carbocycles. The van der Waals surface area contributed by atoms with Crippen LogP contribution in [0.1, 0.15) is 24.8 Å². The van der Waals surface area contributed by atoms with Gasteiger partial charge in [0.25, 0.3) is 0 Å². The summed E-state index contributed by atoms with van der Waals surface area (Å²) in [7, 11) is 0. The van der Waals surface area contributed by atoms with Crippen molar-refractivity contribution in [1.29, 1.82) is 0 Å². The normalized spacial score (nSPS) is 26.8. The Bertz CT molecular complexity index is 318. The van der Waals surface area contributed by atoms with E-state index in [2.05, 4.69) is 12.2 Å². The zero-order valence-corrected chi connectivity index (χ0v) is 9.57. The van der Waals surface area contributed by atoms with E-state index in [1.54, 1.807) is 0 Å². The summed E-state index contributed by atoms with van der Waals surface area (Å²) >= 11 is 12.3. The lowest BCUT2D eigenvalue weighted by Crippen LogP contribution is -2.16. The van der Waals surface area contributed by atoms with Crippen molar-refractivity contribution in [2.75, 3.05) is 6.54 Å². The molecule has 3 heteroatoms. The van der Waals surface area contributed by atoms with Crippen LogP contribution in [0.5, 0.6) is 0 Å². The van der Waals surface area contributed by atoms with Crippen molar-refractivity contribution in [2.24, 2.45) is 0 Å². The minimum atomic E-state index is 0.464. The molecule has 0 radical (unpaired) electrons. The van der Waals surface area contributed by atoms with Gasteiger partial charge in [-0.1, -0.05) is 29.3 Å². The van der Waals surface area contributed by atoms with Crippen LogP contribution in [0.4, 0.5) is 0 Å². The molecular formula is C11H13Cl2N. The molecule has 1 saturated heterocycles. The van der Waals surface area contributed by atoms with Crippen LogP contribution in [0.2, 0.25) is 10.0 Å². The van der Waals surface area contributed by atoms with Crippen LogP contribution in [0.3, 0.4) is 0 Å². The van der Waals surface area contributed by atoms with Crippen LogP contribution in [0.15, 0.2) is 18.2 Å². The lowest BCUT2D eigenvalue weighted by molar-refractivity contribution is 0.658. The van der Waals surface area contributed by atoms with Gasteiger partial charge in [-0.05, 0) is 31.0 Å². The molecular weight excluding hydrogens is 217 g/mol. The Morgan fingerprint density at radius 1 is 1.29 bits per heavy atom. The number of halogens is 2. The van der Waals surface area contributed by atoms with Crippen molar-refractivity contribution in [3.8, 4) is 0 Å². The van der Waals surface area contributed by atoms with Gasteiger partial charge in [0, 0.05) is 28.5 Å². The van der Waals surface area contributed by atoms with Crippen molar-refractivity contribution >= 4 is 23.2 Å². The van der Waals surface area contributed by atoms with Gasteiger partial charge >= 0.3 is 0 Å². The molecule has 1 N–H and O–H groups in total. The van der Waals surface area contributed by atoms with Gasteiger partial charge in [-0.3, -0.25) is 0 Å². The molecule has 2 rings (SSSR count). The Hall–Kier alpha value is -0.240. The van der Waals surface area contributed by atoms with Crippen molar-refractivity contribution in [3.05, 3.63) is 33.8 Å². The molecule has 1 nitrogen and oxygen atoms in total. The molecule has 1 aliphatic heterocycles. The highest BCUT2D eigenvalue weighted by molar-refractivity contribution is 6.36. The Kier molecular flexibility index (Phi) is 3.01. The molecule has 76 valence electrons. The number of hydrogen-bond donors (Lipinski definition) is 1. The summed E-state index contributed by atoms with van der Waals surface area (Å²) in [5.41, 5.74) is 1.10. The lowest BCUT2D eigenvalue weighted by atomic mass is 9.96. The lowest BCUT2D eigenvalue weighted by Gasteiger charge is -2.12. The van der Waals surface area contributed by atoms with Gasteiger partial charge in [0.15, 0.2) is 0 Å². The van der Waals surface area contributed by atoms with Crippen LogP contribution >= 0.6 is 23.2 Å². The van der Waals surface area contributed by atoms with Gasteiger partial charge in [0.1, 0.15) is 0 Å². The molecule has 2 atom stereocenters. The molecule has 1 aromatic carbocycles. The van der Waals surface area contributed by atoms with Gasteiger partial charge in [0.05, 0.1) is 0 Å². The monoisotopic (exact) mass is 229 g/mol. The van der Waals surface area contributed by atoms with Crippen LogP contribution in [0, 0.1) is 0 Å². The van der Waals surface area contributed by atoms with E-state index >= 15 is 0 Å². The highest BCUT2D eigenvalue weighted by atomic mass is 35.5. The third-order valence-corrected chi connectivity index (χ3v) is 3.42. The highest BCUT2D eigenvalue weighted by Gasteiger charge is 2.25. The average Bonchev–Trinajstić information content (AvgIpc) is 2.51. The van der Waals surface area contributed by atoms with E-state index in [4.69, 9.17) is 23.2 Å². The Balaban J connectivity index is 2.31. The third-order valence-electron chi connectivity index (χ3n) is 2.76. The van der Waals surface area contributed by atoms with Crippen molar-refractivity contribution in [2.45, 2.75) is 25.3 Å². The molecule has 1 heterocycles. The highest BCUT2D eigenvalue weighted by Crippen LogP contribution is 2.35. The van der Waals surface area contributed by atoms with Gasteiger partial charge in [-0.2, -0.15) is 0 Å². The molecule has 14 heavy (non-hydrogen) atoms. The second-order valence-electron chi connectivity index (χ2n) is 3.88. The quantitative estimate of drug-likeness (QED) is 0.778. The number of benzene rings is 1. The molecule has 1 aliphatic rings. The maximum atomic E-state index is 6.15. The van der Waals surface area contributed by atoms with Crippen LogP contribution in [-0.2, 0) is 0 Å². The standard InChI is InChI=1S/C11H13Cl2N/c1-7-5-8(6-14-7)11-9(12)3-2-4-10(11)13/h2-4,7-8,14H,5-6H2,1H3. The van der Waals surface area contributed by atoms with Gasteiger partial charge in [0.2, 0.25) is 0 Å². The summed E-state index contributed by atoms with van der Waals surface area (Å²) in [4.78, 5) is 0. The van der Waals surface area contributed by atoms with E-state index in [0.717, 1.165) is 28.6 Å². The molecule has 0 saturated carbocycles. The first-order valence-electron chi connectivity index (χ1n) is 4.85. The Morgan fingerprint density at radius 3 is 2.43 bits per heavy atom. The number of nitrogens with one attached hydrogen (secondary N) is 1. The first-order valence-corrected chi connectivity index (χ1v) is 5.61. The second-order valence-corrected chi connectivity index (χ2v) is 4.69. The largest absolute Gasteiger partial charge is 0.314 e. The number of rotatable bonds is 1. The summed E-state index contributed by atoms with van der Waals surface area (Å²) in [6.07, 6.45) is 1.11. The maximum absolute atomic E-state index is 6.15. The van der Waals surface area contributed by atoms with E-state index in [-0.39, 0.29) is 0 Å². The fourth-order valence-corrected chi connectivity index (χ4v) is 2.76. The number of hydrogen-bond acceptors (Lipinski definition) is 1. The molecule has 1 aromatic rings. The molecule has 0 aromatic heterocycles. The Labute approximate surface area is 94.4 Å². The summed E-state index contributed by atoms with van der Waals surface area (Å²) in [5.74, 6) is 0.464. The minimum absolute atomic E-state index is 0.464. The minimum Gasteiger partial charge on any atom is -0.314 e. The molecule has 2 unspecified atom stereocenters. The Morgan fingerprint density at radius 2 is 1.93 bits per heavy atom. The zero-order chi connectivity index (χ0) is 10.1. The van der Waals surface area contributed by atoms with E-state index in [1.165, 1.54) is 0 Å². The van der Waals surface area contributed by atoms with E-state index in [0.29, 0.717) is 12.0 Å². The molecule has 0 spiro atoms. The summed E-state index contributed by atoms with van der Waals surface area (Å²) in [6, 6.07) is 6.27. The van der Waals surface area contributed by atoms with Crippen molar-refractivity contribution in [3.63, 3.8) is 0 Å². The fourth-order valence-electron chi connectivity index (χ4n) is 2.06. The zero-order valence-electron chi connectivity index (χ0n) is 8.06. The smallest absolute Gasteiger partial charge is 0.0456 e.